The van der Waals surface area contributed by atoms with Gasteiger partial charge in [-0.2, -0.15) is 0 Å². The van der Waals surface area contributed by atoms with Crippen LogP contribution in [0.3, 0.4) is 0 Å². The molecule has 1 aliphatic rings. The Labute approximate surface area is 55.9 Å². The Morgan fingerprint density at radius 1 is 1.67 bits per heavy atom. The summed E-state index contributed by atoms with van der Waals surface area (Å²) in [5.41, 5.74) is 0. The highest BCUT2D eigenvalue weighted by Crippen LogP contribution is 1.94. The lowest BCUT2D eigenvalue weighted by molar-refractivity contribution is 0.140. The quantitative estimate of drug-likeness (QED) is 0.519. The third kappa shape index (κ3) is 2.16. The third-order valence-electron chi connectivity index (χ3n) is 1.45. The molecule has 0 aromatic rings. The van der Waals surface area contributed by atoms with Crippen LogP contribution in [0.5, 0.6) is 0 Å². The van der Waals surface area contributed by atoms with Gasteiger partial charge in [0.15, 0.2) is 0 Å². The first-order chi connectivity index (χ1) is 4.43. The molecule has 9 heavy (non-hydrogen) atoms. The van der Waals surface area contributed by atoms with Crippen LogP contribution in [-0.2, 0) is 4.74 Å². The van der Waals surface area contributed by atoms with Crippen molar-refractivity contribution in [3.63, 3.8) is 0 Å². The van der Waals surface area contributed by atoms with Gasteiger partial charge in [-0.05, 0) is 13.0 Å². The summed E-state index contributed by atoms with van der Waals surface area (Å²) in [5.74, 6) is 0. The van der Waals surface area contributed by atoms with Gasteiger partial charge in [-0.1, -0.05) is 6.08 Å². The Balaban J connectivity index is 2.26. The maximum absolute atomic E-state index is 5.26. The molecular formula is C7H13NO. The van der Waals surface area contributed by atoms with Crippen molar-refractivity contribution in [2.75, 3.05) is 19.8 Å². The second-order valence-electron chi connectivity index (χ2n) is 2.22. The van der Waals surface area contributed by atoms with Crippen LogP contribution < -0.4 is 5.32 Å². The molecule has 1 unspecified atom stereocenters. The van der Waals surface area contributed by atoms with E-state index in [0.717, 1.165) is 26.2 Å². The van der Waals surface area contributed by atoms with Gasteiger partial charge in [0, 0.05) is 12.6 Å². The van der Waals surface area contributed by atoms with Crippen molar-refractivity contribution < 1.29 is 4.74 Å². The molecule has 0 bridgehead atoms. The minimum atomic E-state index is 0.368. The fraction of sp³-hybridized carbons (Fsp3) is 0.714. The predicted octanol–water partition coefficient (Wildman–Crippen LogP) is 0.551. The van der Waals surface area contributed by atoms with E-state index in [9.17, 15) is 0 Å². The van der Waals surface area contributed by atoms with Gasteiger partial charge in [-0.15, -0.1) is 6.58 Å². The number of rotatable bonds is 1. The van der Waals surface area contributed by atoms with E-state index in [4.69, 9.17) is 4.74 Å². The summed E-state index contributed by atoms with van der Waals surface area (Å²) in [5, 5.41) is 3.29. The van der Waals surface area contributed by atoms with Crippen molar-refractivity contribution in [1.29, 1.82) is 0 Å². The van der Waals surface area contributed by atoms with Gasteiger partial charge in [0.2, 0.25) is 0 Å². The molecule has 1 saturated heterocycles. The predicted molar refractivity (Wildman–Crippen MR) is 37.4 cm³/mol. The first-order valence-electron chi connectivity index (χ1n) is 3.37. The van der Waals surface area contributed by atoms with Gasteiger partial charge in [0.05, 0.1) is 6.61 Å². The Morgan fingerprint density at radius 3 is 3.33 bits per heavy atom. The lowest BCUT2D eigenvalue weighted by Gasteiger charge is -2.07. The standard InChI is InChI=1S/C7H13NO/c1-2-7-6-9-5-3-4-8-7/h2,7-8H,1,3-6H2. The monoisotopic (exact) mass is 127 g/mol. The molecule has 1 aliphatic heterocycles. The molecule has 1 heterocycles. The summed E-state index contributed by atoms with van der Waals surface area (Å²) in [6, 6.07) is 0.368. The molecule has 2 heteroatoms. The molecule has 0 amide bonds. The highest BCUT2D eigenvalue weighted by Gasteiger charge is 2.05. The van der Waals surface area contributed by atoms with Crippen LogP contribution in [0.1, 0.15) is 6.42 Å². The smallest absolute Gasteiger partial charge is 0.0655 e. The topological polar surface area (TPSA) is 21.3 Å². The van der Waals surface area contributed by atoms with Crippen molar-refractivity contribution in [2.24, 2.45) is 0 Å². The maximum Gasteiger partial charge on any atom is 0.0655 e. The Morgan fingerprint density at radius 2 is 2.56 bits per heavy atom. The van der Waals surface area contributed by atoms with Crippen LogP contribution in [-0.4, -0.2) is 25.8 Å². The van der Waals surface area contributed by atoms with Crippen LogP contribution >= 0.6 is 0 Å². The maximum atomic E-state index is 5.26. The van der Waals surface area contributed by atoms with Crippen molar-refractivity contribution >= 4 is 0 Å². The summed E-state index contributed by atoms with van der Waals surface area (Å²) in [4.78, 5) is 0. The zero-order valence-electron chi connectivity index (χ0n) is 5.60. The lowest BCUT2D eigenvalue weighted by Crippen LogP contribution is -2.29. The van der Waals surface area contributed by atoms with E-state index in [1.165, 1.54) is 0 Å². The van der Waals surface area contributed by atoms with E-state index in [-0.39, 0.29) is 0 Å². The molecule has 1 N–H and O–H groups in total. The summed E-state index contributed by atoms with van der Waals surface area (Å²) >= 11 is 0. The molecule has 1 rings (SSSR count). The second kappa shape index (κ2) is 3.64. The average molecular weight is 127 g/mol. The van der Waals surface area contributed by atoms with E-state index in [2.05, 4.69) is 11.9 Å². The largest absolute Gasteiger partial charge is 0.379 e. The number of hydrogen-bond acceptors (Lipinski definition) is 2. The Kier molecular flexibility index (Phi) is 2.74. The van der Waals surface area contributed by atoms with Gasteiger partial charge < -0.3 is 10.1 Å². The average Bonchev–Trinajstić information content (AvgIpc) is 2.13. The number of hydrogen-bond donors (Lipinski definition) is 1. The highest BCUT2D eigenvalue weighted by atomic mass is 16.5. The van der Waals surface area contributed by atoms with Gasteiger partial charge in [-0.25, -0.2) is 0 Å². The highest BCUT2D eigenvalue weighted by molar-refractivity contribution is 4.86. The molecule has 0 spiro atoms. The van der Waals surface area contributed by atoms with Crippen LogP contribution in [0, 0.1) is 0 Å². The summed E-state index contributed by atoms with van der Waals surface area (Å²) in [6.07, 6.45) is 3.01. The fourth-order valence-electron chi connectivity index (χ4n) is 0.882. The minimum Gasteiger partial charge on any atom is -0.379 e. The molecule has 0 radical (unpaired) electrons. The molecule has 0 saturated carbocycles. The van der Waals surface area contributed by atoms with Gasteiger partial charge >= 0.3 is 0 Å². The number of ether oxygens (including phenoxy) is 1. The molecule has 52 valence electrons. The molecule has 1 fully saturated rings. The Bertz CT molecular complexity index is 84.9. The first kappa shape index (κ1) is 6.78. The molecule has 0 aliphatic carbocycles. The van der Waals surface area contributed by atoms with Crippen molar-refractivity contribution in [3.05, 3.63) is 12.7 Å². The third-order valence-corrected chi connectivity index (χ3v) is 1.45. The van der Waals surface area contributed by atoms with E-state index < -0.39 is 0 Å². The lowest BCUT2D eigenvalue weighted by atomic mass is 10.3. The van der Waals surface area contributed by atoms with Crippen LogP contribution in [0.25, 0.3) is 0 Å². The van der Waals surface area contributed by atoms with Gasteiger partial charge in [0.1, 0.15) is 0 Å². The normalized spacial score (nSPS) is 29.1. The van der Waals surface area contributed by atoms with Crippen molar-refractivity contribution in [3.8, 4) is 0 Å². The molecule has 2 nitrogen and oxygen atoms in total. The van der Waals surface area contributed by atoms with Gasteiger partial charge in [-0.3, -0.25) is 0 Å². The fourth-order valence-corrected chi connectivity index (χ4v) is 0.882. The van der Waals surface area contributed by atoms with Crippen LogP contribution in [0.4, 0.5) is 0 Å². The van der Waals surface area contributed by atoms with Crippen LogP contribution in [0.15, 0.2) is 12.7 Å². The molecular weight excluding hydrogens is 114 g/mol. The molecule has 0 aromatic heterocycles. The first-order valence-corrected chi connectivity index (χ1v) is 3.37. The molecule has 0 aromatic carbocycles. The summed E-state index contributed by atoms with van der Waals surface area (Å²) < 4.78 is 5.26. The SMILES string of the molecule is C=CC1COCCCN1. The van der Waals surface area contributed by atoms with Crippen molar-refractivity contribution in [2.45, 2.75) is 12.5 Å². The van der Waals surface area contributed by atoms with E-state index in [0.29, 0.717) is 6.04 Å². The minimum absolute atomic E-state index is 0.368. The van der Waals surface area contributed by atoms with E-state index >= 15 is 0 Å². The molecule has 1 atom stereocenters. The Hall–Kier alpha value is -0.340. The summed E-state index contributed by atoms with van der Waals surface area (Å²) in [7, 11) is 0. The zero-order chi connectivity index (χ0) is 6.53. The number of nitrogens with one attached hydrogen (secondary N) is 1. The van der Waals surface area contributed by atoms with Crippen molar-refractivity contribution in [1.82, 2.24) is 5.32 Å². The van der Waals surface area contributed by atoms with Gasteiger partial charge in [0.25, 0.3) is 0 Å². The zero-order valence-corrected chi connectivity index (χ0v) is 5.60. The second-order valence-corrected chi connectivity index (χ2v) is 2.22. The summed E-state index contributed by atoms with van der Waals surface area (Å²) in [6.45, 7) is 6.40. The van der Waals surface area contributed by atoms with Crippen LogP contribution in [0.2, 0.25) is 0 Å². The van der Waals surface area contributed by atoms with E-state index in [1.807, 2.05) is 6.08 Å². The van der Waals surface area contributed by atoms with E-state index in [1.54, 1.807) is 0 Å².